The number of hydrogen-bond donors (Lipinski definition) is 2. The lowest BCUT2D eigenvalue weighted by Gasteiger charge is -2.04. The quantitative estimate of drug-likeness (QED) is 0.701. The predicted molar refractivity (Wildman–Crippen MR) is 47.7 cm³/mol. The average Bonchev–Trinajstić information content (AvgIpc) is 2.48. The lowest BCUT2D eigenvalue weighted by atomic mass is 10.0. The van der Waals surface area contributed by atoms with Crippen molar-refractivity contribution in [2.45, 2.75) is 12.8 Å². The fourth-order valence-corrected chi connectivity index (χ4v) is 1.70. The number of aromatic carboxylic acids is 1. The summed E-state index contributed by atoms with van der Waals surface area (Å²) in [7, 11) is 0. The van der Waals surface area contributed by atoms with Gasteiger partial charge in [0.05, 0.1) is 5.56 Å². The molecular weight excluding hydrogens is 184 g/mol. The van der Waals surface area contributed by atoms with Crippen LogP contribution in [-0.4, -0.2) is 22.0 Å². The van der Waals surface area contributed by atoms with Gasteiger partial charge in [0, 0.05) is 6.42 Å². The highest BCUT2D eigenvalue weighted by molar-refractivity contribution is 6.06. The van der Waals surface area contributed by atoms with Crippen molar-refractivity contribution in [3.05, 3.63) is 28.8 Å². The van der Waals surface area contributed by atoms with Crippen molar-refractivity contribution in [2.24, 2.45) is 0 Å². The molecule has 0 amide bonds. The van der Waals surface area contributed by atoms with Gasteiger partial charge in [0.15, 0.2) is 5.78 Å². The second kappa shape index (κ2) is 2.83. The molecule has 2 rings (SSSR count). The third-order valence-electron chi connectivity index (χ3n) is 2.39. The number of hydrogen-bond acceptors (Lipinski definition) is 3. The van der Waals surface area contributed by atoms with E-state index in [1.165, 1.54) is 6.07 Å². The van der Waals surface area contributed by atoms with Gasteiger partial charge in [0.2, 0.25) is 0 Å². The molecule has 0 atom stereocenters. The molecule has 14 heavy (non-hydrogen) atoms. The fraction of sp³-hybridized carbons (Fsp3) is 0.200. The Morgan fingerprint density at radius 1 is 1.29 bits per heavy atom. The first-order chi connectivity index (χ1) is 6.61. The van der Waals surface area contributed by atoms with E-state index < -0.39 is 11.7 Å². The molecular formula is C10H8O4. The Morgan fingerprint density at radius 2 is 2.00 bits per heavy atom. The summed E-state index contributed by atoms with van der Waals surface area (Å²) in [6, 6.07) is 2.92. The molecule has 1 aromatic carbocycles. The monoisotopic (exact) mass is 192 g/mol. The van der Waals surface area contributed by atoms with Crippen LogP contribution in [0.2, 0.25) is 0 Å². The molecule has 0 heterocycles. The second-order valence-electron chi connectivity index (χ2n) is 3.22. The van der Waals surface area contributed by atoms with Crippen molar-refractivity contribution < 1.29 is 19.8 Å². The lowest BCUT2D eigenvalue weighted by molar-refractivity contribution is 0.0693. The molecule has 0 fully saturated rings. The zero-order valence-electron chi connectivity index (χ0n) is 7.28. The first-order valence-corrected chi connectivity index (χ1v) is 4.22. The van der Waals surface area contributed by atoms with E-state index in [-0.39, 0.29) is 16.9 Å². The molecule has 4 nitrogen and oxygen atoms in total. The molecule has 0 aromatic heterocycles. The van der Waals surface area contributed by atoms with E-state index in [0.717, 1.165) is 5.56 Å². The van der Waals surface area contributed by atoms with E-state index >= 15 is 0 Å². The number of carbonyl (C=O) groups is 2. The molecule has 1 aromatic rings. The largest absolute Gasteiger partial charge is 0.506 e. The normalized spacial score (nSPS) is 14.1. The third kappa shape index (κ3) is 1.08. The molecule has 0 unspecified atom stereocenters. The zero-order valence-corrected chi connectivity index (χ0v) is 7.28. The third-order valence-corrected chi connectivity index (χ3v) is 2.39. The standard InChI is InChI=1S/C10H8O4/c11-7-4-2-5-1-3-6(10(13)14)9(12)8(5)7/h1,3,12H,2,4H2,(H,13,14). The summed E-state index contributed by atoms with van der Waals surface area (Å²) >= 11 is 0. The molecule has 0 saturated heterocycles. The number of ketones is 1. The van der Waals surface area contributed by atoms with Gasteiger partial charge < -0.3 is 10.2 Å². The molecule has 0 radical (unpaired) electrons. The Balaban J connectivity index is 2.67. The molecule has 1 aliphatic rings. The Hall–Kier alpha value is -1.84. The Bertz CT molecular complexity index is 434. The van der Waals surface area contributed by atoms with Gasteiger partial charge in [-0.05, 0) is 18.1 Å². The molecule has 0 bridgehead atoms. The summed E-state index contributed by atoms with van der Waals surface area (Å²) in [5.41, 5.74) is 0.710. The summed E-state index contributed by atoms with van der Waals surface area (Å²) in [6.07, 6.45) is 0.938. The Kier molecular flexibility index (Phi) is 1.77. The summed E-state index contributed by atoms with van der Waals surface area (Å²) in [5, 5.41) is 18.3. The molecule has 0 saturated carbocycles. The zero-order chi connectivity index (χ0) is 10.3. The predicted octanol–water partition coefficient (Wildman–Crippen LogP) is 1.22. The SMILES string of the molecule is O=C(O)c1ccc2c(c1O)C(=O)CC2. The van der Waals surface area contributed by atoms with Crippen molar-refractivity contribution >= 4 is 11.8 Å². The van der Waals surface area contributed by atoms with Gasteiger partial charge in [-0.2, -0.15) is 0 Å². The van der Waals surface area contributed by atoms with Crippen LogP contribution >= 0.6 is 0 Å². The summed E-state index contributed by atoms with van der Waals surface area (Å²) < 4.78 is 0. The van der Waals surface area contributed by atoms with Gasteiger partial charge in [0.25, 0.3) is 0 Å². The molecule has 1 aliphatic carbocycles. The number of carboxylic acid groups (broad SMARTS) is 1. The van der Waals surface area contributed by atoms with Crippen LogP contribution in [0.5, 0.6) is 5.75 Å². The van der Waals surface area contributed by atoms with E-state index in [1.807, 2.05) is 0 Å². The number of fused-ring (bicyclic) bond motifs is 1. The minimum Gasteiger partial charge on any atom is -0.506 e. The summed E-state index contributed by atoms with van der Waals surface area (Å²) in [5.74, 6) is -1.79. The van der Waals surface area contributed by atoms with Crippen LogP contribution in [0, 0.1) is 0 Å². The van der Waals surface area contributed by atoms with Gasteiger partial charge in [-0.1, -0.05) is 6.07 Å². The topological polar surface area (TPSA) is 74.6 Å². The van der Waals surface area contributed by atoms with E-state index in [1.54, 1.807) is 6.07 Å². The van der Waals surface area contributed by atoms with Crippen LogP contribution in [0.1, 0.15) is 32.7 Å². The van der Waals surface area contributed by atoms with E-state index in [4.69, 9.17) is 5.11 Å². The number of aryl methyl sites for hydroxylation is 1. The molecule has 0 aliphatic heterocycles. The van der Waals surface area contributed by atoms with Crippen LogP contribution in [0.15, 0.2) is 12.1 Å². The van der Waals surface area contributed by atoms with Crippen molar-refractivity contribution in [3.63, 3.8) is 0 Å². The highest BCUT2D eigenvalue weighted by atomic mass is 16.4. The maximum atomic E-state index is 11.3. The van der Waals surface area contributed by atoms with E-state index in [9.17, 15) is 14.7 Å². The van der Waals surface area contributed by atoms with Crippen LogP contribution in [-0.2, 0) is 6.42 Å². The van der Waals surface area contributed by atoms with Crippen LogP contribution in [0.25, 0.3) is 0 Å². The number of rotatable bonds is 1. The van der Waals surface area contributed by atoms with Gasteiger partial charge in [0.1, 0.15) is 11.3 Å². The van der Waals surface area contributed by atoms with Crippen LogP contribution in [0.3, 0.4) is 0 Å². The summed E-state index contributed by atoms with van der Waals surface area (Å²) in [6.45, 7) is 0. The minimum atomic E-state index is -1.22. The highest BCUT2D eigenvalue weighted by Gasteiger charge is 2.26. The van der Waals surface area contributed by atoms with Crippen LogP contribution in [0.4, 0.5) is 0 Å². The number of aromatic hydroxyl groups is 1. The number of carbonyl (C=O) groups excluding carboxylic acids is 1. The first-order valence-electron chi connectivity index (χ1n) is 4.22. The van der Waals surface area contributed by atoms with Crippen LogP contribution < -0.4 is 0 Å². The molecule has 4 heteroatoms. The number of Topliss-reactive ketones (excluding diaryl/α,β-unsaturated/α-hetero) is 1. The molecule has 2 N–H and O–H groups in total. The van der Waals surface area contributed by atoms with Gasteiger partial charge in [-0.3, -0.25) is 4.79 Å². The number of carboxylic acids is 1. The first kappa shape index (κ1) is 8.74. The molecule has 0 spiro atoms. The number of phenols is 1. The van der Waals surface area contributed by atoms with Crippen molar-refractivity contribution in [1.29, 1.82) is 0 Å². The van der Waals surface area contributed by atoms with E-state index in [0.29, 0.717) is 12.8 Å². The highest BCUT2D eigenvalue weighted by Crippen LogP contribution is 2.32. The van der Waals surface area contributed by atoms with Gasteiger partial charge in [-0.15, -0.1) is 0 Å². The van der Waals surface area contributed by atoms with E-state index in [2.05, 4.69) is 0 Å². The minimum absolute atomic E-state index is 0.180. The smallest absolute Gasteiger partial charge is 0.339 e. The second-order valence-corrected chi connectivity index (χ2v) is 3.22. The van der Waals surface area contributed by atoms with Crippen molar-refractivity contribution in [1.82, 2.24) is 0 Å². The van der Waals surface area contributed by atoms with Gasteiger partial charge >= 0.3 is 5.97 Å². The number of benzene rings is 1. The summed E-state index contributed by atoms with van der Waals surface area (Å²) in [4.78, 5) is 22.0. The average molecular weight is 192 g/mol. The Labute approximate surface area is 79.8 Å². The fourth-order valence-electron chi connectivity index (χ4n) is 1.70. The van der Waals surface area contributed by atoms with Crippen molar-refractivity contribution in [2.75, 3.05) is 0 Å². The molecule has 72 valence electrons. The lowest BCUT2D eigenvalue weighted by Crippen LogP contribution is -2.01. The van der Waals surface area contributed by atoms with Gasteiger partial charge in [-0.25, -0.2) is 4.79 Å². The maximum Gasteiger partial charge on any atom is 0.339 e. The Morgan fingerprint density at radius 3 is 2.64 bits per heavy atom. The maximum absolute atomic E-state index is 11.3. The van der Waals surface area contributed by atoms with Crippen molar-refractivity contribution in [3.8, 4) is 5.75 Å².